The zero-order chi connectivity index (χ0) is 21.9. The molecule has 1 aliphatic rings. The van der Waals surface area contributed by atoms with Crippen molar-refractivity contribution < 1.29 is 4.74 Å². The van der Waals surface area contributed by atoms with Gasteiger partial charge in [0.2, 0.25) is 0 Å². The molecule has 0 saturated carbocycles. The van der Waals surface area contributed by atoms with Gasteiger partial charge in [0.05, 0.1) is 29.1 Å². The van der Waals surface area contributed by atoms with Crippen LogP contribution in [0.25, 0.3) is 16.8 Å². The number of ether oxygens (including phenoxy) is 1. The largest absolute Gasteiger partial charge is 0.457 e. The van der Waals surface area contributed by atoms with E-state index in [2.05, 4.69) is 32.7 Å². The van der Waals surface area contributed by atoms with E-state index in [1.165, 1.54) is 0 Å². The number of benzene rings is 2. The fraction of sp³-hybridized carbons (Fsp3) is 0.185. The maximum Gasteiger partial charge on any atom is 0.136 e. The summed E-state index contributed by atoms with van der Waals surface area (Å²) in [5.41, 5.74) is 3.78. The number of nitrogens with zero attached hydrogens (tertiary/aromatic N) is 4. The molecule has 3 heterocycles. The zero-order valence-corrected chi connectivity index (χ0v) is 18.0. The molecule has 5 rings (SSSR count). The molecule has 2 aromatic heterocycles. The number of likely N-dealkylation sites (tertiary alicyclic amines) is 1. The van der Waals surface area contributed by atoms with Gasteiger partial charge < -0.3 is 9.64 Å². The van der Waals surface area contributed by atoms with Crippen LogP contribution in [0, 0.1) is 11.8 Å². The first-order valence-electron chi connectivity index (χ1n) is 10.8. The maximum absolute atomic E-state index is 5.94. The van der Waals surface area contributed by atoms with E-state index in [-0.39, 0.29) is 6.04 Å². The van der Waals surface area contributed by atoms with E-state index >= 15 is 0 Å². The number of para-hydroxylation sites is 1. The molecule has 32 heavy (non-hydrogen) atoms. The molecule has 0 aliphatic carbocycles. The second-order valence-electron chi connectivity index (χ2n) is 7.76. The van der Waals surface area contributed by atoms with E-state index in [4.69, 9.17) is 9.72 Å². The molecule has 1 saturated heterocycles. The summed E-state index contributed by atoms with van der Waals surface area (Å²) >= 11 is 0. The van der Waals surface area contributed by atoms with Crippen LogP contribution in [0.5, 0.6) is 11.5 Å². The lowest BCUT2D eigenvalue weighted by molar-refractivity contribution is 0.328. The number of allylic oxidation sites excluding steroid dienone is 1. The lowest BCUT2D eigenvalue weighted by Crippen LogP contribution is -2.23. The van der Waals surface area contributed by atoms with Crippen LogP contribution < -0.4 is 4.74 Å². The summed E-state index contributed by atoms with van der Waals surface area (Å²) in [6.07, 6.45) is 7.78. The number of fused-ring (bicyclic) bond motifs is 1. The second-order valence-corrected chi connectivity index (χ2v) is 7.76. The van der Waals surface area contributed by atoms with Gasteiger partial charge in [-0.3, -0.25) is 9.38 Å². The van der Waals surface area contributed by atoms with Crippen molar-refractivity contribution in [3.8, 4) is 34.6 Å². The van der Waals surface area contributed by atoms with Crippen LogP contribution >= 0.6 is 0 Å². The third-order valence-electron chi connectivity index (χ3n) is 5.75. The first-order valence-corrected chi connectivity index (χ1v) is 10.8. The number of hydrogen-bond acceptors (Lipinski definition) is 4. The minimum Gasteiger partial charge on any atom is -0.457 e. The van der Waals surface area contributed by atoms with Crippen LogP contribution in [0.15, 0.2) is 85.5 Å². The van der Waals surface area contributed by atoms with E-state index in [9.17, 15) is 0 Å². The fourth-order valence-corrected chi connectivity index (χ4v) is 4.29. The Hall–Kier alpha value is -4.04. The average Bonchev–Trinajstić information content (AvgIpc) is 3.46. The molecular weight excluding hydrogens is 396 g/mol. The summed E-state index contributed by atoms with van der Waals surface area (Å²) in [7, 11) is 0. The Morgan fingerprint density at radius 3 is 2.66 bits per heavy atom. The van der Waals surface area contributed by atoms with Crippen LogP contribution in [-0.4, -0.2) is 25.8 Å². The monoisotopic (exact) mass is 420 g/mol. The second kappa shape index (κ2) is 8.60. The number of rotatable bonds is 5. The normalized spacial score (nSPS) is 15.4. The van der Waals surface area contributed by atoms with Crippen LogP contribution in [0.3, 0.4) is 0 Å². The van der Waals surface area contributed by atoms with Gasteiger partial charge in [-0.1, -0.05) is 36.6 Å². The lowest BCUT2D eigenvalue weighted by atomic mass is 10.1. The summed E-state index contributed by atoms with van der Waals surface area (Å²) in [6, 6.07) is 18.0. The van der Waals surface area contributed by atoms with Crippen molar-refractivity contribution >= 4 is 5.52 Å². The summed E-state index contributed by atoms with van der Waals surface area (Å²) in [5, 5.41) is 0. The molecule has 1 aliphatic heterocycles. The standard InChI is InChI=1S/C27H24N4O/c1-3-8-20(2)30-17-7-11-24(30)27-29-26(25-19-28-16-18-31(25)27)21-12-14-23(15-13-21)32-22-9-5-4-6-10-22/h4-6,9-10,12-16,18-19,24H,2,7,11,17H2,1H3. The number of aromatic nitrogens is 3. The van der Waals surface area contributed by atoms with E-state index in [0.717, 1.165) is 59.2 Å². The van der Waals surface area contributed by atoms with Gasteiger partial charge in [-0.05, 0) is 56.2 Å². The summed E-state index contributed by atoms with van der Waals surface area (Å²) in [4.78, 5) is 11.7. The minimum atomic E-state index is 0.146. The van der Waals surface area contributed by atoms with Gasteiger partial charge in [0.25, 0.3) is 0 Å². The Labute approximate surface area is 188 Å². The van der Waals surface area contributed by atoms with Crippen LogP contribution in [-0.2, 0) is 0 Å². The topological polar surface area (TPSA) is 42.7 Å². The predicted molar refractivity (Wildman–Crippen MR) is 126 cm³/mol. The van der Waals surface area contributed by atoms with E-state index < -0.39 is 0 Å². The fourth-order valence-electron chi connectivity index (χ4n) is 4.29. The highest BCUT2D eigenvalue weighted by Crippen LogP contribution is 2.37. The molecule has 4 aromatic rings. The van der Waals surface area contributed by atoms with Crippen LogP contribution in [0.2, 0.25) is 0 Å². The minimum absolute atomic E-state index is 0.146. The van der Waals surface area contributed by atoms with Gasteiger partial charge in [-0.15, -0.1) is 0 Å². The van der Waals surface area contributed by atoms with Crippen molar-refractivity contribution in [1.29, 1.82) is 0 Å². The Morgan fingerprint density at radius 1 is 1.09 bits per heavy atom. The van der Waals surface area contributed by atoms with Crippen LogP contribution in [0.4, 0.5) is 0 Å². The Morgan fingerprint density at radius 2 is 1.88 bits per heavy atom. The van der Waals surface area contributed by atoms with Crippen molar-refractivity contribution in [3.63, 3.8) is 0 Å². The average molecular weight is 421 g/mol. The SMILES string of the molecule is C=C(C#CC)N1CCCC1c1nc(-c2ccc(Oc3ccccc3)cc2)c2cnccn12. The van der Waals surface area contributed by atoms with Crippen molar-refractivity contribution in [1.82, 2.24) is 19.3 Å². The number of hydrogen-bond donors (Lipinski definition) is 0. The smallest absolute Gasteiger partial charge is 0.136 e. The maximum atomic E-state index is 5.94. The summed E-state index contributed by atoms with van der Waals surface area (Å²) in [5.74, 6) is 8.69. The molecule has 0 spiro atoms. The summed E-state index contributed by atoms with van der Waals surface area (Å²) in [6.45, 7) is 6.97. The molecule has 0 N–H and O–H groups in total. The summed E-state index contributed by atoms with van der Waals surface area (Å²) < 4.78 is 8.08. The predicted octanol–water partition coefficient (Wildman–Crippen LogP) is 5.86. The highest BCUT2D eigenvalue weighted by molar-refractivity contribution is 5.77. The molecule has 0 amide bonds. The highest BCUT2D eigenvalue weighted by Gasteiger charge is 2.31. The Bertz CT molecular complexity index is 1310. The van der Waals surface area contributed by atoms with E-state index in [1.54, 1.807) is 6.20 Å². The van der Waals surface area contributed by atoms with Gasteiger partial charge in [0.1, 0.15) is 17.3 Å². The van der Waals surface area contributed by atoms with Crippen molar-refractivity contribution in [2.75, 3.05) is 6.54 Å². The third-order valence-corrected chi connectivity index (χ3v) is 5.75. The molecule has 5 heteroatoms. The van der Waals surface area contributed by atoms with Gasteiger partial charge in [-0.2, -0.15) is 0 Å². The quantitative estimate of drug-likeness (QED) is 0.379. The first-order chi connectivity index (χ1) is 15.7. The molecule has 1 fully saturated rings. The van der Waals surface area contributed by atoms with Crippen LogP contribution in [0.1, 0.15) is 31.6 Å². The highest BCUT2D eigenvalue weighted by atomic mass is 16.5. The van der Waals surface area contributed by atoms with Crippen molar-refractivity contribution in [2.45, 2.75) is 25.8 Å². The molecule has 1 atom stereocenters. The third kappa shape index (κ3) is 3.72. The Kier molecular flexibility index (Phi) is 5.35. The molecule has 1 unspecified atom stereocenters. The zero-order valence-electron chi connectivity index (χ0n) is 18.0. The number of imidazole rings is 1. The van der Waals surface area contributed by atoms with E-state index in [0.29, 0.717) is 0 Å². The molecule has 158 valence electrons. The van der Waals surface area contributed by atoms with Gasteiger partial charge in [-0.25, -0.2) is 4.98 Å². The first kappa shape index (κ1) is 19.9. The van der Waals surface area contributed by atoms with E-state index in [1.807, 2.05) is 73.9 Å². The Balaban J connectivity index is 1.50. The van der Waals surface area contributed by atoms with Crippen molar-refractivity contribution in [2.24, 2.45) is 0 Å². The van der Waals surface area contributed by atoms with Crippen molar-refractivity contribution in [3.05, 3.63) is 91.3 Å². The molecule has 0 bridgehead atoms. The van der Waals surface area contributed by atoms with Gasteiger partial charge in [0.15, 0.2) is 0 Å². The lowest BCUT2D eigenvalue weighted by Gasteiger charge is -2.25. The molecular formula is C27H24N4O. The van der Waals surface area contributed by atoms with Gasteiger partial charge in [0, 0.05) is 24.5 Å². The van der Waals surface area contributed by atoms with Gasteiger partial charge >= 0.3 is 0 Å². The molecule has 5 nitrogen and oxygen atoms in total. The molecule has 0 radical (unpaired) electrons. The molecule has 2 aromatic carbocycles.